The fraction of sp³-hybridized carbons (Fsp3) is 0.130. The van der Waals surface area contributed by atoms with E-state index in [9.17, 15) is 0 Å². The van der Waals surface area contributed by atoms with Crippen LogP contribution in [0.15, 0.2) is 87.3 Å². The molecule has 0 spiro atoms. The molecule has 0 saturated carbocycles. The first-order valence-electron chi connectivity index (χ1n) is 8.72. The zero-order valence-electron chi connectivity index (χ0n) is 14.6. The van der Waals surface area contributed by atoms with Gasteiger partial charge >= 0.3 is 0 Å². The minimum atomic E-state index is 0.754. The maximum absolute atomic E-state index is 4.94. The Balaban J connectivity index is 1.73. The van der Waals surface area contributed by atoms with Crippen molar-refractivity contribution in [2.45, 2.75) is 19.8 Å². The third-order valence-electron chi connectivity index (χ3n) is 4.49. The number of nitrogens with zero attached hydrogens (tertiary/aromatic N) is 2. The average molecular weight is 403 g/mol. The molecular formula is C23H19BrN2. The van der Waals surface area contributed by atoms with Crippen molar-refractivity contribution in [1.82, 2.24) is 0 Å². The van der Waals surface area contributed by atoms with E-state index in [0.29, 0.717) is 0 Å². The van der Waals surface area contributed by atoms with E-state index in [2.05, 4.69) is 71.4 Å². The molecule has 1 aliphatic rings. The Morgan fingerprint density at radius 1 is 0.808 bits per heavy atom. The fourth-order valence-electron chi connectivity index (χ4n) is 3.09. The Morgan fingerprint density at radius 3 is 2.15 bits per heavy atom. The highest BCUT2D eigenvalue weighted by molar-refractivity contribution is 9.10. The maximum Gasteiger partial charge on any atom is 0.0889 e. The molecule has 0 atom stereocenters. The lowest BCUT2D eigenvalue weighted by Crippen LogP contribution is -2.11. The number of aliphatic imine (C=N–C) groups is 2. The molecule has 0 aliphatic carbocycles. The number of rotatable bonds is 3. The molecule has 0 radical (unpaired) electrons. The van der Waals surface area contributed by atoms with Crippen LogP contribution in [0.5, 0.6) is 0 Å². The van der Waals surface area contributed by atoms with Crippen LogP contribution in [0.25, 0.3) is 0 Å². The Labute approximate surface area is 162 Å². The molecule has 2 nitrogen and oxygen atoms in total. The van der Waals surface area contributed by atoms with Crippen LogP contribution >= 0.6 is 15.9 Å². The van der Waals surface area contributed by atoms with Crippen LogP contribution in [0.2, 0.25) is 0 Å². The second-order valence-electron chi connectivity index (χ2n) is 6.57. The molecule has 4 rings (SSSR count). The monoisotopic (exact) mass is 402 g/mol. The average Bonchev–Trinajstić information content (AvgIpc) is 2.83. The molecule has 0 aromatic heterocycles. The molecule has 3 aromatic carbocycles. The first-order chi connectivity index (χ1) is 12.7. The highest BCUT2D eigenvalue weighted by atomic mass is 79.9. The van der Waals surface area contributed by atoms with Crippen LogP contribution in [0, 0.1) is 6.92 Å². The predicted molar refractivity (Wildman–Crippen MR) is 113 cm³/mol. The Hall–Kier alpha value is -2.52. The van der Waals surface area contributed by atoms with E-state index in [1.54, 1.807) is 0 Å². The molecule has 0 fully saturated rings. The lowest BCUT2D eigenvalue weighted by Gasteiger charge is -2.08. The van der Waals surface area contributed by atoms with Gasteiger partial charge in [-0.2, -0.15) is 0 Å². The first-order valence-corrected chi connectivity index (χ1v) is 9.51. The molecule has 0 saturated heterocycles. The summed E-state index contributed by atoms with van der Waals surface area (Å²) in [6.45, 7) is 2.11. The number of halogens is 1. The first kappa shape index (κ1) is 16.9. The summed E-state index contributed by atoms with van der Waals surface area (Å²) in [4.78, 5) is 9.87. The largest absolute Gasteiger partial charge is 0.255 e. The summed E-state index contributed by atoms with van der Waals surface area (Å²) in [5.74, 6) is 0. The van der Waals surface area contributed by atoms with Gasteiger partial charge in [-0.15, -0.1) is 0 Å². The molecule has 1 heterocycles. The van der Waals surface area contributed by atoms with Gasteiger partial charge in [-0.25, -0.2) is 0 Å². The fourth-order valence-corrected chi connectivity index (χ4v) is 3.36. The summed E-state index contributed by atoms with van der Waals surface area (Å²) >= 11 is 3.51. The molecule has 0 bridgehead atoms. The Bertz CT molecular complexity index is 983. The topological polar surface area (TPSA) is 24.7 Å². The predicted octanol–water partition coefficient (Wildman–Crippen LogP) is 6.60. The van der Waals surface area contributed by atoms with Crippen molar-refractivity contribution >= 4 is 38.7 Å². The summed E-state index contributed by atoms with van der Waals surface area (Å²) in [6.07, 6.45) is 1.59. The van der Waals surface area contributed by atoms with E-state index in [-0.39, 0.29) is 0 Å². The van der Waals surface area contributed by atoms with Gasteiger partial charge < -0.3 is 0 Å². The van der Waals surface area contributed by atoms with Gasteiger partial charge in [0.25, 0.3) is 0 Å². The van der Waals surface area contributed by atoms with Crippen LogP contribution in [-0.2, 0) is 6.42 Å². The Morgan fingerprint density at radius 2 is 1.46 bits per heavy atom. The molecule has 26 heavy (non-hydrogen) atoms. The van der Waals surface area contributed by atoms with Crippen LogP contribution in [-0.4, -0.2) is 11.4 Å². The van der Waals surface area contributed by atoms with Crippen molar-refractivity contribution in [3.63, 3.8) is 0 Å². The third-order valence-corrected chi connectivity index (χ3v) is 5.02. The van der Waals surface area contributed by atoms with Crippen molar-refractivity contribution in [3.8, 4) is 0 Å². The lowest BCUT2D eigenvalue weighted by atomic mass is 9.99. The molecule has 0 unspecified atom stereocenters. The van der Waals surface area contributed by atoms with E-state index < -0.39 is 0 Å². The van der Waals surface area contributed by atoms with Crippen LogP contribution in [0.4, 0.5) is 11.4 Å². The highest BCUT2D eigenvalue weighted by Gasteiger charge is 2.15. The molecular weight excluding hydrogens is 384 g/mol. The SMILES string of the molecule is Cc1ccc(CC2=Nc3ccccc3N=C(c3ccc(Br)cc3)C2)cc1. The van der Waals surface area contributed by atoms with Crippen molar-refractivity contribution in [2.24, 2.45) is 9.98 Å². The molecule has 128 valence electrons. The second-order valence-corrected chi connectivity index (χ2v) is 7.49. The van der Waals surface area contributed by atoms with Gasteiger partial charge in [0.2, 0.25) is 0 Å². The maximum atomic E-state index is 4.94. The minimum absolute atomic E-state index is 0.754. The number of para-hydroxylation sites is 2. The summed E-state index contributed by atoms with van der Waals surface area (Å²) < 4.78 is 1.07. The number of hydrogen-bond acceptors (Lipinski definition) is 2. The highest BCUT2D eigenvalue weighted by Crippen LogP contribution is 2.32. The summed E-state index contributed by atoms with van der Waals surface area (Å²) in [5, 5.41) is 0. The van der Waals surface area contributed by atoms with Gasteiger partial charge in [0.1, 0.15) is 0 Å². The molecule has 0 amide bonds. The standard InChI is InChI=1S/C23H19BrN2/c1-16-6-8-17(9-7-16)14-20-15-23(18-10-12-19(24)13-11-18)26-22-5-3-2-4-21(22)25-20/h2-13H,14-15H2,1H3. The van der Waals surface area contributed by atoms with E-state index in [1.165, 1.54) is 11.1 Å². The van der Waals surface area contributed by atoms with E-state index >= 15 is 0 Å². The second kappa shape index (κ2) is 7.38. The summed E-state index contributed by atoms with van der Waals surface area (Å²) in [6, 6.07) is 25.1. The summed E-state index contributed by atoms with van der Waals surface area (Å²) in [5.41, 5.74) is 7.78. The normalized spacial score (nSPS) is 13.5. The summed E-state index contributed by atoms with van der Waals surface area (Å²) in [7, 11) is 0. The quantitative estimate of drug-likeness (QED) is 0.471. The lowest BCUT2D eigenvalue weighted by molar-refractivity contribution is 1.25. The van der Waals surface area contributed by atoms with Crippen molar-refractivity contribution < 1.29 is 0 Å². The van der Waals surface area contributed by atoms with Gasteiger partial charge in [-0.1, -0.05) is 70.0 Å². The van der Waals surface area contributed by atoms with Gasteiger partial charge in [0.15, 0.2) is 0 Å². The van der Waals surface area contributed by atoms with E-state index in [1.807, 2.05) is 24.3 Å². The number of fused-ring (bicyclic) bond motifs is 1. The molecule has 3 heteroatoms. The molecule has 1 aliphatic heterocycles. The van der Waals surface area contributed by atoms with Gasteiger partial charge in [-0.3, -0.25) is 9.98 Å². The Kier molecular flexibility index (Phi) is 4.81. The number of benzene rings is 3. The van der Waals surface area contributed by atoms with Crippen LogP contribution < -0.4 is 0 Å². The molecule has 0 N–H and O–H groups in total. The van der Waals surface area contributed by atoms with Crippen LogP contribution in [0.3, 0.4) is 0 Å². The van der Waals surface area contributed by atoms with Gasteiger partial charge in [0.05, 0.1) is 17.1 Å². The van der Waals surface area contributed by atoms with Crippen molar-refractivity contribution in [3.05, 3.63) is 94.0 Å². The number of hydrogen-bond donors (Lipinski definition) is 0. The third kappa shape index (κ3) is 3.83. The van der Waals surface area contributed by atoms with Gasteiger partial charge in [0, 0.05) is 23.0 Å². The van der Waals surface area contributed by atoms with E-state index in [4.69, 9.17) is 9.98 Å². The zero-order valence-corrected chi connectivity index (χ0v) is 16.2. The van der Waals surface area contributed by atoms with Crippen molar-refractivity contribution in [2.75, 3.05) is 0 Å². The molecule has 3 aromatic rings. The minimum Gasteiger partial charge on any atom is -0.255 e. The van der Waals surface area contributed by atoms with Crippen molar-refractivity contribution in [1.29, 1.82) is 0 Å². The zero-order chi connectivity index (χ0) is 17.9. The smallest absolute Gasteiger partial charge is 0.0889 e. The number of aryl methyl sites for hydroxylation is 1. The van der Waals surface area contributed by atoms with Crippen LogP contribution in [0.1, 0.15) is 23.1 Å². The van der Waals surface area contributed by atoms with Gasteiger partial charge in [-0.05, 0) is 42.3 Å². The van der Waals surface area contributed by atoms with E-state index in [0.717, 1.165) is 45.7 Å².